The third-order valence-electron chi connectivity index (χ3n) is 26.0. The van der Waals surface area contributed by atoms with Crippen LogP contribution in [0.25, 0.3) is 92.9 Å². The number of pyridine rings is 4. The van der Waals surface area contributed by atoms with Crippen molar-refractivity contribution in [2.75, 3.05) is 0 Å². The van der Waals surface area contributed by atoms with Gasteiger partial charge in [0.15, 0.2) is 80.5 Å². The lowest BCUT2D eigenvalue weighted by Gasteiger charge is -2.16. The number of fused-ring (bicyclic) bond motifs is 8. The Morgan fingerprint density at radius 1 is 0.187 bits per heavy atom. The van der Waals surface area contributed by atoms with Crippen molar-refractivity contribution in [1.82, 2.24) is 18.3 Å². The average molecular weight is 2050 g/mol. The Bertz CT molecular complexity index is 9250. The van der Waals surface area contributed by atoms with Crippen molar-refractivity contribution in [2.24, 2.45) is 0 Å². The molecule has 24 rings (SSSR count). The summed E-state index contributed by atoms with van der Waals surface area (Å²) in [5.74, 6) is -1.40. The summed E-state index contributed by atoms with van der Waals surface area (Å²) in [4.78, 5) is 65.8. The van der Waals surface area contributed by atoms with Crippen molar-refractivity contribution in [1.29, 1.82) is 0 Å². The van der Waals surface area contributed by atoms with Gasteiger partial charge in [0.05, 0.1) is 116 Å². The lowest BCUT2D eigenvalue weighted by atomic mass is 10.1. The highest BCUT2D eigenvalue weighted by Crippen LogP contribution is 2.42. The highest BCUT2D eigenvalue weighted by Gasteiger charge is 2.36. The van der Waals surface area contributed by atoms with Crippen LogP contribution in [0.4, 0.5) is 26.3 Å². The van der Waals surface area contributed by atoms with Crippen LogP contribution < -0.4 is 21.7 Å². The lowest BCUT2D eigenvalue weighted by Crippen LogP contribution is -2.13. The van der Waals surface area contributed by atoms with Gasteiger partial charge in [-0.3, -0.25) is 19.2 Å². The number of hydrogen-bond acceptors (Lipinski definition) is 8. The molecular weight excluding hydrogens is 1960 g/mol. The first-order valence-electron chi connectivity index (χ1n) is 48.1. The van der Waals surface area contributed by atoms with Crippen LogP contribution in [0.15, 0.2) is 551 Å². The van der Waals surface area contributed by atoms with Crippen molar-refractivity contribution in [3.8, 4) is 22.9 Å². The molecule has 0 spiro atoms. The highest BCUT2D eigenvalue weighted by molar-refractivity contribution is 7.98. The SMILES string of the molecule is O=c1c2ccccc2n(-c2ccccc2)c2ccc([S+](c3ccc(F)cc3)c3ccc(F)cc3)cc12.O=c1c2ccccc2n(Cc2cccc(CO)c2)c2ccc([S+](c3ccc(F)cc3)c3ccc(F)cc3)cc12.O=c1c2ccccc2n(Cc2cccc(O)c2)c2ccc([S+](c3ccc(F)cc3)c3ccc(F)cc3)cc12.O=c1c2ccccc2n(Cc2ccccc2)c2ccc([S+](c3ccc(O)cc3)c3ccc(O)cc3)cc12. The maximum atomic E-state index is 13.8. The molecule has 0 aliphatic rings. The fraction of sp³-hybridized carbons (Fsp3) is 0.0312. The molecule has 0 atom stereocenters. The molecule has 24 aromatic rings. The van der Waals surface area contributed by atoms with Crippen LogP contribution in [-0.2, 0) is 69.8 Å². The first-order chi connectivity index (χ1) is 73.2. The number of hydrogen-bond donors (Lipinski definition) is 4. The van der Waals surface area contributed by atoms with Gasteiger partial charge in [0.1, 0.15) is 52.2 Å². The summed E-state index contributed by atoms with van der Waals surface area (Å²) in [6, 6.07) is 141. The molecule has 0 aliphatic heterocycles. The fourth-order valence-electron chi connectivity index (χ4n) is 19.1. The molecule has 0 aliphatic carbocycles. The Hall–Kier alpha value is -17.4. The van der Waals surface area contributed by atoms with Gasteiger partial charge < -0.3 is 38.7 Å². The predicted octanol–water partition coefficient (Wildman–Crippen LogP) is 28.6. The van der Waals surface area contributed by atoms with Crippen molar-refractivity contribution >= 4 is 131 Å². The van der Waals surface area contributed by atoms with E-state index in [1.165, 1.54) is 72.8 Å². The van der Waals surface area contributed by atoms with Crippen molar-refractivity contribution in [3.63, 3.8) is 0 Å². The molecule has 0 unspecified atom stereocenters. The number of rotatable bonds is 20. The molecule has 4 N–H and O–H groups in total. The summed E-state index contributed by atoms with van der Waals surface area (Å²) in [6.45, 7) is 1.59. The van der Waals surface area contributed by atoms with E-state index in [2.05, 4.69) is 36.5 Å². The number of benzene rings is 20. The van der Waals surface area contributed by atoms with E-state index in [0.717, 1.165) is 131 Å². The predicted molar refractivity (Wildman–Crippen MR) is 592 cm³/mol. The number of phenolic OH excluding ortho intramolecular Hbond substituents is 3. The number of aliphatic hydroxyl groups excluding tert-OH is 1. The van der Waals surface area contributed by atoms with Gasteiger partial charge in [0.25, 0.3) is 0 Å². The minimum absolute atomic E-state index is 0.0109. The average Bonchev–Trinajstić information content (AvgIpc) is 0.752. The van der Waals surface area contributed by atoms with Crippen LogP contribution in [0.5, 0.6) is 17.2 Å². The quantitative estimate of drug-likeness (QED) is 0.0332. The maximum Gasteiger partial charge on any atom is 0.197 e. The number of halogens is 6. The largest absolute Gasteiger partial charge is 0.508 e. The van der Waals surface area contributed by atoms with Crippen molar-refractivity contribution < 1.29 is 46.8 Å². The molecule has 0 saturated heterocycles. The number of para-hydroxylation sites is 5. The zero-order valence-electron chi connectivity index (χ0n) is 80.0. The molecule has 12 nitrogen and oxygen atoms in total. The molecule has 0 radical (unpaired) electrons. The van der Waals surface area contributed by atoms with Crippen LogP contribution >= 0.6 is 0 Å². The maximum absolute atomic E-state index is 13.8. The van der Waals surface area contributed by atoms with Gasteiger partial charge in [-0.05, 0) is 338 Å². The Morgan fingerprint density at radius 2 is 0.413 bits per heavy atom. The number of aromatic nitrogens is 4. The lowest BCUT2D eigenvalue weighted by molar-refractivity contribution is 0.281. The molecule has 4 heterocycles. The van der Waals surface area contributed by atoms with Crippen LogP contribution in [0.2, 0.25) is 0 Å². The zero-order valence-corrected chi connectivity index (χ0v) is 83.2. The molecule has 22 heteroatoms. The minimum Gasteiger partial charge on any atom is -0.508 e. The van der Waals surface area contributed by atoms with E-state index in [-0.39, 0.29) is 80.5 Å². The number of phenols is 3. The summed E-state index contributed by atoms with van der Waals surface area (Å²) >= 11 is 0. The smallest absolute Gasteiger partial charge is 0.197 e. The molecule has 150 heavy (non-hydrogen) atoms. The van der Waals surface area contributed by atoms with Gasteiger partial charge in [0, 0.05) is 71.1 Å². The van der Waals surface area contributed by atoms with E-state index in [0.29, 0.717) is 62.7 Å². The molecule has 0 fully saturated rings. The Morgan fingerprint density at radius 3 is 0.733 bits per heavy atom. The minimum atomic E-state index is -0.691. The molecular formula is C128H90F6N4O8S4+4. The summed E-state index contributed by atoms with van der Waals surface area (Å²) in [5, 5.41) is 44.3. The summed E-state index contributed by atoms with van der Waals surface area (Å²) in [5.41, 5.74) is 11.3. The molecule has 4 aromatic heterocycles. The van der Waals surface area contributed by atoms with Crippen LogP contribution in [0.1, 0.15) is 22.3 Å². The second kappa shape index (κ2) is 43.7. The van der Waals surface area contributed by atoms with Crippen molar-refractivity contribution in [3.05, 3.63) is 571 Å². The van der Waals surface area contributed by atoms with Gasteiger partial charge in [-0.2, -0.15) is 0 Å². The Kier molecular flexibility index (Phi) is 28.8. The van der Waals surface area contributed by atoms with Crippen LogP contribution in [0.3, 0.4) is 0 Å². The molecule has 20 aromatic carbocycles. The Labute approximate surface area is 868 Å². The van der Waals surface area contributed by atoms with Crippen LogP contribution in [0, 0.1) is 34.9 Å². The third-order valence-corrected chi connectivity index (χ3v) is 34.9. The fourth-order valence-corrected chi connectivity index (χ4v) is 27.4. The van der Waals surface area contributed by atoms with Gasteiger partial charge in [-0.15, -0.1) is 0 Å². The number of aliphatic hydroxyl groups is 1. The van der Waals surface area contributed by atoms with E-state index in [9.17, 15) is 65.9 Å². The van der Waals surface area contributed by atoms with Gasteiger partial charge in [0.2, 0.25) is 0 Å². The second-order valence-corrected chi connectivity index (χ2v) is 43.7. The summed E-state index contributed by atoms with van der Waals surface area (Å²) < 4.78 is 91.1. The van der Waals surface area contributed by atoms with Gasteiger partial charge in [-0.1, -0.05) is 133 Å². The van der Waals surface area contributed by atoms with Crippen LogP contribution in [-0.4, -0.2) is 38.7 Å². The molecule has 0 bridgehead atoms. The topological polar surface area (TPSA) is 169 Å². The highest BCUT2D eigenvalue weighted by atomic mass is 32.2. The monoisotopic (exact) mass is 2050 g/mol. The zero-order chi connectivity index (χ0) is 103. The van der Waals surface area contributed by atoms with E-state index >= 15 is 0 Å². The standard InChI is InChI=1S/C33H24F2NO2S.C32H21F2NO2S.C32H23NO3S.C31H20F2NOS/c34-24-8-12-26(13-9-24)39(27-14-10-25(35)11-15-27)28-16-17-32-30(19-28)33(38)29-6-1-2-7-31(29)36(32)20-22-4-3-5-23(18-22)21-37;33-22-8-12-25(13-9-22)38(26-14-10-23(34)11-15-26)27-16-17-31-29(19-27)32(37)28-6-1-2-7-30(28)35(31)20-21-4-3-5-24(36)18-21;34-23-10-14-25(15-11-23)37(26-16-12-24(35)13-17-26)27-18-19-31-29(20-27)32(36)28-8-4-5-9-30(28)33(31)21-22-6-2-1-3-7-22;32-21-10-14-24(15-11-21)36(25-16-12-22(33)13-17-25)26-18-19-30-28(20-26)31(35)27-8-4-5-9-29(27)34(30)23-6-2-1-3-7-23/h1-19,37H,20-21H2;1-19H,20H2;1-20H,21H2,(H-,34,35);1-20H/q+1;;;+1/p+2. The normalized spacial score (nSPS) is 11.4. The van der Waals surface area contributed by atoms with E-state index in [1.807, 2.05) is 267 Å². The Balaban J connectivity index is 0.000000117. The summed E-state index contributed by atoms with van der Waals surface area (Å²) in [7, 11) is -2.58. The number of nitrogens with zero attached hydrogens (tertiary/aromatic N) is 4. The molecule has 0 amide bonds. The first-order valence-corrected chi connectivity index (χ1v) is 53.0. The van der Waals surface area contributed by atoms with Crippen molar-refractivity contribution in [2.45, 2.75) is 85.0 Å². The van der Waals surface area contributed by atoms with E-state index in [1.54, 1.807) is 115 Å². The van der Waals surface area contributed by atoms with E-state index < -0.39 is 43.6 Å². The van der Waals surface area contributed by atoms with Gasteiger partial charge >= 0.3 is 0 Å². The second-order valence-electron chi connectivity index (χ2n) is 35.6. The van der Waals surface area contributed by atoms with Gasteiger partial charge in [-0.25, -0.2) is 26.3 Å². The first kappa shape index (κ1) is 98.6. The van der Waals surface area contributed by atoms with E-state index in [4.69, 9.17) is 0 Å². The third kappa shape index (κ3) is 20.8. The molecule has 0 saturated carbocycles. The summed E-state index contributed by atoms with van der Waals surface area (Å²) in [6.07, 6.45) is 0. The molecule has 732 valence electrons. The number of aromatic hydroxyl groups is 3.